The summed E-state index contributed by atoms with van der Waals surface area (Å²) >= 11 is 6.87. The van der Waals surface area contributed by atoms with Crippen LogP contribution >= 0.6 is 22.9 Å². The van der Waals surface area contributed by atoms with Crippen LogP contribution in [-0.2, 0) is 10.0 Å². The molecular weight excluding hydrogens is 340 g/mol. The van der Waals surface area contributed by atoms with E-state index in [-0.39, 0.29) is 4.21 Å². The Morgan fingerprint density at radius 2 is 1.95 bits per heavy atom. The van der Waals surface area contributed by atoms with Crippen LogP contribution in [-0.4, -0.2) is 39.5 Å². The fraction of sp³-hybridized carbons (Fsp3) is 0.733. The topological polar surface area (TPSA) is 49.4 Å². The number of unbranched alkanes of at least 4 members (excludes halogenated alkanes) is 1. The van der Waals surface area contributed by atoms with E-state index in [2.05, 4.69) is 23.5 Å². The Balaban J connectivity index is 1.67. The van der Waals surface area contributed by atoms with Crippen LogP contribution in [0.5, 0.6) is 0 Å². The number of likely N-dealkylation sites (tertiary alicyclic amines) is 1. The van der Waals surface area contributed by atoms with Gasteiger partial charge in [0, 0.05) is 19.6 Å². The van der Waals surface area contributed by atoms with Crippen molar-refractivity contribution < 1.29 is 8.42 Å². The second-order valence-electron chi connectivity index (χ2n) is 6.37. The van der Waals surface area contributed by atoms with Gasteiger partial charge in [0.05, 0.1) is 4.34 Å². The van der Waals surface area contributed by atoms with Crippen molar-refractivity contribution in [2.45, 2.75) is 37.3 Å². The van der Waals surface area contributed by atoms with Crippen molar-refractivity contribution in [3.8, 4) is 0 Å². The second-order valence-corrected chi connectivity index (χ2v) is 10.1. The van der Waals surface area contributed by atoms with Gasteiger partial charge in [-0.3, -0.25) is 0 Å². The van der Waals surface area contributed by atoms with E-state index in [1.54, 1.807) is 12.1 Å². The van der Waals surface area contributed by atoms with E-state index in [1.807, 2.05) is 0 Å². The summed E-state index contributed by atoms with van der Waals surface area (Å²) in [5.74, 6) is 1.54. The molecule has 0 saturated carbocycles. The van der Waals surface area contributed by atoms with E-state index in [0.29, 0.717) is 10.9 Å². The third-order valence-corrected chi connectivity index (χ3v) is 7.14. The van der Waals surface area contributed by atoms with Gasteiger partial charge in [0.1, 0.15) is 4.21 Å². The first-order chi connectivity index (χ1) is 10.4. The zero-order valence-corrected chi connectivity index (χ0v) is 15.6. The van der Waals surface area contributed by atoms with Gasteiger partial charge in [0.2, 0.25) is 10.0 Å². The molecule has 0 radical (unpaired) electrons. The van der Waals surface area contributed by atoms with Gasteiger partial charge in [-0.05, 0) is 49.8 Å². The van der Waals surface area contributed by atoms with Crippen LogP contribution in [0.25, 0.3) is 0 Å². The number of sulfonamides is 1. The van der Waals surface area contributed by atoms with Crippen molar-refractivity contribution in [3.05, 3.63) is 16.5 Å². The highest BCUT2D eigenvalue weighted by atomic mass is 35.5. The summed E-state index contributed by atoms with van der Waals surface area (Å²) in [5.41, 5.74) is 0. The third kappa shape index (κ3) is 5.49. The molecule has 0 bridgehead atoms. The minimum absolute atomic E-state index is 0.288. The molecule has 2 heterocycles. The van der Waals surface area contributed by atoms with Crippen LogP contribution < -0.4 is 4.72 Å². The van der Waals surface area contributed by atoms with Crippen LogP contribution in [0, 0.1) is 11.8 Å². The molecule has 2 rings (SSSR count). The largest absolute Gasteiger partial charge is 0.303 e. The number of thiophene rings is 1. The number of hydrogen-bond acceptors (Lipinski definition) is 4. The molecule has 1 fully saturated rings. The average molecular weight is 365 g/mol. The lowest BCUT2D eigenvalue weighted by atomic mass is 9.92. The minimum atomic E-state index is -3.39. The molecule has 0 aromatic carbocycles. The summed E-state index contributed by atoms with van der Waals surface area (Å²) in [6.07, 6.45) is 3.20. The van der Waals surface area contributed by atoms with E-state index in [9.17, 15) is 8.42 Å². The molecule has 2 atom stereocenters. The number of nitrogens with one attached hydrogen (secondary N) is 1. The molecule has 1 saturated heterocycles. The van der Waals surface area contributed by atoms with E-state index in [1.165, 1.54) is 19.5 Å². The van der Waals surface area contributed by atoms with E-state index in [4.69, 9.17) is 11.6 Å². The van der Waals surface area contributed by atoms with Crippen LogP contribution in [0.4, 0.5) is 0 Å². The van der Waals surface area contributed by atoms with Gasteiger partial charge in [-0.1, -0.05) is 25.4 Å². The van der Waals surface area contributed by atoms with Crippen molar-refractivity contribution in [3.63, 3.8) is 0 Å². The first-order valence-corrected chi connectivity index (χ1v) is 10.5. The molecule has 1 aromatic rings. The lowest BCUT2D eigenvalue weighted by Crippen LogP contribution is -2.39. The summed E-state index contributed by atoms with van der Waals surface area (Å²) in [5, 5.41) is 0. The van der Waals surface area contributed by atoms with Crippen molar-refractivity contribution >= 4 is 33.0 Å². The smallest absolute Gasteiger partial charge is 0.250 e. The molecule has 1 aliphatic rings. The molecular formula is C15H25ClN2O2S2. The van der Waals surface area contributed by atoms with Crippen molar-refractivity contribution in [1.29, 1.82) is 0 Å². The van der Waals surface area contributed by atoms with Gasteiger partial charge in [0.15, 0.2) is 0 Å². The molecule has 2 unspecified atom stereocenters. The summed E-state index contributed by atoms with van der Waals surface area (Å²) < 4.78 is 27.5. The first-order valence-electron chi connectivity index (χ1n) is 7.84. The standard InChI is InChI=1S/C15H25ClN2O2S2/c1-12-9-13(2)11-18(10-12)8-4-3-7-17-22(19,20)15-6-5-14(16)21-15/h5-6,12-13,17H,3-4,7-11H2,1-2H3. The highest BCUT2D eigenvalue weighted by Gasteiger charge is 2.21. The van der Waals surface area contributed by atoms with Crippen molar-refractivity contribution in [2.24, 2.45) is 11.8 Å². The molecule has 0 aliphatic carbocycles. The first kappa shape index (κ1) is 18.2. The fourth-order valence-electron chi connectivity index (χ4n) is 3.15. The van der Waals surface area contributed by atoms with E-state index < -0.39 is 10.0 Å². The zero-order chi connectivity index (χ0) is 16.2. The maximum Gasteiger partial charge on any atom is 0.250 e. The van der Waals surface area contributed by atoms with Gasteiger partial charge < -0.3 is 4.90 Å². The Kier molecular flexibility index (Phi) is 6.71. The normalized spacial score (nSPS) is 23.8. The fourth-order valence-corrected chi connectivity index (χ4v) is 5.76. The number of hydrogen-bond donors (Lipinski definition) is 1. The Bertz CT molecular complexity index is 564. The average Bonchev–Trinajstić information content (AvgIpc) is 2.84. The van der Waals surface area contributed by atoms with Crippen molar-refractivity contribution in [1.82, 2.24) is 9.62 Å². The molecule has 126 valence electrons. The monoisotopic (exact) mass is 364 g/mol. The van der Waals surface area contributed by atoms with Gasteiger partial charge in [-0.15, -0.1) is 11.3 Å². The minimum Gasteiger partial charge on any atom is -0.303 e. The Hall–Kier alpha value is -0.140. The molecule has 1 N–H and O–H groups in total. The van der Waals surface area contributed by atoms with Gasteiger partial charge in [0.25, 0.3) is 0 Å². The zero-order valence-electron chi connectivity index (χ0n) is 13.2. The second kappa shape index (κ2) is 8.11. The van der Waals surface area contributed by atoms with Gasteiger partial charge in [-0.2, -0.15) is 0 Å². The predicted octanol–water partition coefficient (Wildman–Crippen LogP) is 3.44. The molecule has 22 heavy (non-hydrogen) atoms. The summed E-state index contributed by atoms with van der Waals surface area (Å²) in [7, 11) is -3.39. The lowest BCUT2D eigenvalue weighted by Gasteiger charge is -2.34. The number of nitrogens with zero attached hydrogens (tertiary/aromatic N) is 1. The molecule has 7 heteroatoms. The Labute approximate surface area is 142 Å². The molecule has 0 amide bonds. The van der Waals surface area contributed by atoms with Crippen molar-refractivity contribution in [2.75, 3.05) is 26.2 Å². The van der Waals surface area contributed by atoms with E-state index in [0.717, 1.165) is 42.6 Å². The van der Waals surface area contributed by atoms with Gasteiger partial charge >= 0.3 is 0 Å². The van der Waals surface area contributed by atoms with Crippen LogP contribution in [0.3, 0.4) is 0 Å². The molecule has 1 aromatic heterocycles. The lowest BCUT2D eigenvalue weighted by molar-refractivity contribution is 0.139. The maximum atomic E-state index is 12.0. The van der Waals surface area contributed by atoms with Gasteiger partial charge in [-0.25, -0.2) is 13.1 Å². The van der Waals surface area contributed by atoms with Crippen LogP contribution in [0.2, 0.25) is 4.34 Å². The van der Waals surface area contributed by atoms with Crippen LogP contribution in [0.15, 0.2) is 16.3 Å². The quantitative estimate of drug-likeness (QED) is 0.754. The molecule has 1 aliphatic heterocycles. The predicted molar refractivity (Wildman–Crippen MR) is 93.1 cm³/mol. The number of halogens is 1. The molecule has 0 spiro atoms. The highest BCUT2D eigenvalue weighted by Crippen LogP contribution is 2.25. The third-order valence-electron chi connectivity index (χ3n) is 3.95. The Morgan fingerprint density at radius 3 is 2.55 bits per heavy atom. The highest BCUT2D eigenvalue weighted by molar-refractivity contribution is 7.91. The summed E-state index contributed by atoms with van der Waals surface area (Å²) in [4.78, 5) is 2.51. The summed E-state index contributed by atoms with van der Waals surface area (Å²) in [6, 6.07) is 3.16. The summed E-state index contributed by atoms with van der Waals surface area (Å²) in [6.45, 7) is 8.50. The maximum absolute atomic E-state index is 12.0. The number of piperidine rings is 1. The number of rotatable bonds is 7. The SMILES string of the molecule is CC1CC(C)CN(CCCCNS(=O)(=O)c2ccc(Cl)s2)C1. The molecule has 4 nitrogen and oxygen atoms in total. The Morgan fingerprint density at radius 1 is 1.27 bits per heavy atom. The van der Waals surface area contributed by atoms with Crippen LogP contribution in [0.1, 0.15) is 33.1 Å². The van der Waals surface area contributed by atoms with E-state index >= 15 is 0 Å².